The van der Waals surface area contributed by atoms with E-state index in [1.165, 1.54) is 0 Å². The van der Waals surface area contributed by atoms with Crippen LogP contribution in [0.15, 0.2) is 54.6 Å². The molecular weight excluding hydrogens is 398 g/mol. The summed E-state index contributed by atoms with van der Waals surface area (Å²) in [4.78, 5) is 29.0. The largest absolute Gasteiger partial charge is 0.366 e. The van der Waals surface area contributed by atoms with Gasteiger partial charge in [-0.3, -0.25) is 9.59 Å². The van der Waals surface area contributed by atoms with Crippen LogP contribution in [0.5, 0.6) is 0 Å². The Kier molecular flexibility index (Phi) is 6.83. The van der Waals surface area contributed by atoms with Gasteiger partial charge in [0.2, 0.25) is 11.8 Å². The van der Waals surface area contributed by atoms with E-state index in [4.69, 9.17) is 11.6 Å². The number of halogens is 1. The number of piperazine rings is 1. The molecule has 1 aliphatic rings. The first-order valence-corrected chi connectivity index (χ1v) is 10.5. The summed E-state index contributed by atoms with van der Waals surface area (Å²) < 4.78 is 0. The van der Waals surface area contributed by atoms with Gasteiger partial charge < -0.3 is 15.1 Å². The summed E-state index contributed by atoms with van der Waals surface area (Å²) in [7, 11) is 0. The van der Waals surface area contributed by atoms with Crippen LogP contribution in [-0.2, 0) is 9.59 Å². The third-order valence-corrected chi connectivity index (χ3v) is 5.27. The molecule has 0 atom stereocenters. The molecule has 1 N–H and O–H groups in total. The maximum atomic E-state index is 12.5. The van der Waals surface area contributed by atoms with E-state index in [9.17, 15) is 9.59 Å². The highest BCUT2D eigenvalue weighted by Crippen LogP contribution is 2.31. The molecule has 0 unspecified atom stereocenters. The second-order valence-corrected chi connectivity index (χ2v) is 8.86. The summed E-state index contributed by atoms with van der Waals surface area (Å²) in [5.41, 5.74) is 2.12. The molecule has 158 valence electrons. The molecule has 6 heteroatoms. The fraction of sp³-hybridized carbons (Fsp3) is 0.333. The van der Waals surface area contributed by atoms with E-state index in [2.05, 4.69) is 10.2 Å². The predicted octanol–water partition coefficient (Wildman–Crippen LogP) is 4.69. The molecule has 2 amide bonds. The van der Waals surface area contributed by atoms with Crippen molar-refractivity contribution in [3.05, 3.63) is 65.2 Å². The summed E-state index contributed by atoms with van der Waals surface area (Å²) in [5.74, 6) is -0.0539. The number of hydrogen-bond acceptors (Lipinski definition) is 3. The van der Waals surface area contributed by atoms with Crippen LogP contribution in [0.3, 0.4) is 0 Å². The third-order valence-electron chi connectivity index (χ3n) is 5.04. The highest BCUT2D eigenvalue weighted by atomic mass is 35.5. The second kappa shape index (κ2) is 9.35. The maximum absolute atomic E-state index is 12.5. The van der Waals surface area contributed by atoms with Crippen LogP contribution in [0.1, 0.15) is 26.3 Å². The fourth-order valence-corrected chi connectivity index (χ4v) is 3.37. The first-order chi connectivity index (χ1) is 14.2. The summed E-state index contributed by atoms with van der Waals surface area (Å²) >= 11 is 6.17. The van der Waals surface area contributed by atoms with Crippen molar-refractivity contribution in [2.75, 3.05) is 36.4 Å². The van der Waals surface area contributed by atoms with Gasteiger partial charge in [-0.2, -0.15) is 0 Å². The number of nitrogens with one attached hydrogen (secondary N) is 1. The number of carbonyl (C=O) groups excluding carboxylic acids is 2. The average Bonchev–Trinajstić information content (AvgIpc) is 2.72. The van der Waals surface area contributed by atoms with Crippen molar-refractivity contribution < 1.29 is 9.59 Å². The van der Waals surface area contributed by atoms with Gasteiger partial charge in [-0.05, 0) is 29.8 Å². The van der Waals surface area contributed by atoms with E-state index >= 15 is 0 Å². The van der Waals surface area contributed by atoms with Gasteiger partial charge in [0.25, 0.3) is 0 Å². The number of rotatable bonds is 4. The van der Waals surface area contributed by atoms with Gasteiger partial charge in [-0.25, -0.2) is 0 Å². The lowest BCUT2D eigenvalue weighted by Crippen LogP contribution is -2.48. The van der Waals surface area contributed by atoms with E-state index in [0.717, 1.165) is 11.3 Å². The van der Waals surface area contributed by atoms with Gasteiger partial charge in [0.05, 0.1) is 11.4 Å². The molecule has 5 nitrogen and oxygen atoms in total. The van der Waals surface area contributed by atoms with E-state index < -0.39 is 5.41 Å². The molecule has 30 heavy (non-hydrogen) atoms. The Morgan fingerprint density at radius 3 is 2.30 bits per heavy atom. The van der Waals surface area contributed by atoms with E-state index in [1.807, 2.05) is 74.2 Å². The quantitative estimate of drug-likeness (QED) is 0.723. The monoisotopic (exact) mass is 425 g/mol. The molecule has 0 aliphatic carbocycles. The first kappa shape index (κ1) is 21.9. The SMILES string of the molecule is CC(C)(C)C(=O)Nc1cc(Cl)ccc1N1CCN(C(=O)/C=C/c2ccccc2)CC1. The van der Waals surface area contributed by atoms with Crippen molar-refractivity contribution in [2.45, 2.75) is 20.8 Å². The lowest BCUT2D eigenvalue weighted by Gasteiger charge is -2.36. The number of anilines is 2. The Morgan fingerprint density at radius 2 is 1.67 bits per heavy atom. The molecule has 1 aliphatic heterocycles. The smallest absolute Gasteiger partial charge is 0.246 e. The zero-order valence-electron chi connectivity index (χ0n) is 17.7. The van der Waals surface area contributed by atoms with Crippen molar-refractivity contribution in [3.8, 4) is 0 Å². The average molecular weight is 426 g/mol. The van der Waals surface area contributed by atoms with Gasteiger partial charge in [0.1, 0.15) is 0 Å². The number of amides is 2. The Hall–Kier alpha value is -2.79. The van der Waals surface area contributed by atoms with Crippen LogP contribution in [0, 0.1) is 5.41 Å². The van der Waals surface area contributed by atoms with Crippen molar-refractivity contribution >= 4 is 40.9 Å². The topological polar surface area (TPSA) is 52.7 Å². The van der Waals surface area contributed by atoms with Crippen molar-refractivity contribution in [2.24, 2.45) is 5.41 Å². The van der Waals surface area contributed by atoms with E-state index in [0.29, 0.717) is 36.9 Å². The molecule has 0 aromatic heterocycles. The van der Waals surface area contributed by atoms with Crippen LogP contribution >= 0.6 is 11.6 Å². The minimum absolute atomic E-state index is 0.0101. The summed E-state index contributed by atoms with van der Waals surface area (Å²) in [6, 6.07) is 15.3. The van der Waals surface area contributed by atoms with Gasteiger partial charge in [0, 0.05) is 42.7 Å². The molecule has 2 aromatic carbocycles. The van der Waals surface area contributed by atoms with Crippen LogP contribution in [0.25, 0.3) is 6.08 Å². The second-order valence-electron chi connectivity index (χ2n) is 8.42. The number of nitrogens with zero attached hydrogens (tertiary/aromatic N) is 2. The Morgan fingerprint density at radius 1 is 1.00 bits per heavy atom. The van der Waals surface area contributed by atoms with Gasteiger partial charge in [-0.15, -0.1) is 0 Å². The van der Waals surface area contributed by atoms with Crippen LogP contribution in [-0.4, -0.2) is 42.9 Å². The Labute approximate surface area is 183 Å². The fourth-order valence-electron chi connectivity index (χ4n) is 3.20. The number of hydrogen-bond donors (Lipinski definition) is 1. The number of carbonyl (C=O) groups is 2. The summed E-state index contributed by atoms with van der Waals surface area (Å²) in [5, 5.41) is 3.58. The normalized spacial score (nSPS) is 14.8. The van der Waals surface area contributed by atoms with Crippen LogP contribution < -0.4 is 10.2 Å². The lowest BCUT2D eigenvalue weighted by atomic mass is 9.95. The predicted molar refractivity (Wildman–Crippen MR) is 124 cm³/mol. The molecule has 2 aromatic rings. The van der Waals surface area contributed by atoms with Gasteiger partial charge in [-0.1, -0.05) is 62.7 Å². The molecule has 1 heterocycles. The maximum Gasteiger partial charge on any atom is 0.246 e. The molecule has 0 saturated carbocycles. The standard InChI is InChI=1S/C24H28ClN3O2/c1-24(2,3)23(30)26-20-17-19(25)10-11-21(20)27-13-15-28(16-14-27)22(29)12-9-18-7-5-4-6-8-18/h4-12,17H,13-16H2,1-3H3,(H,26,30)/b12-9+. The first-order valence-electron chi connectivity index (χ1n) is 10.1. The third kappa shape index (κ3) is 5.63. The number of benzene rings is 2. The molecule has 1 fully saturated rings. The summed E-state index contributed by atoms with van der Waals surface area (Å²) in [6.45, 7) is 8.23. The van der Waals surface area contributed by atoms with Crippen molar-refractivity contribution in [3.63, 3.8) is 0 Å². The lowest BCUT2D eigenvalue weighted by molar-refractivity contribution is -0.126. The van der Waals surface area contributed by atoms with Gasteiger partial charge in [0.15, 0.2) is 0 Å². The Bertz CT molecular complexity index is 927. The highest BCUT2D eigenvalue weighted by Gasteiger charge is 2.25. The van der Waals surface area contributed by atoms with Crippen molar-refractivity contribution in [1.29, 1.82) is 0 Å². The molecular formula is C24H28ClN3O2. The zero-order valence-corrected chi connectivity index (χ0v) is 18.4. The molecule has 0 radical (unpaired) electrons. The molecule has 3 rings (SSSR count). The minimum Gasteiger partial charge on any atom is -0.366 e. The van der Waals surface area contributed by atoms with E-state index in [1.54, 1.807) is 12.1 Å². The Balaban J connectivity index is 1.65. The minimum atomic E-state index is -0.504. The zero-order chi connectivity index (χ0) is 21.7. The van der Waals surface area contributed by atoms with Crippen molar-refractivity contribution in [1.82, 2.24) is 4.90 Å². The summed E-state index contributed by atoms with van der Waals surface area (Å²) in [6.07, 6.45) is 3.47. The molecule has 0 spiro atoms. The van der Waals surface area contributed by atoms with E-state index in [-0.39, 0.29) is 11.8 Å². The van der Waals surface area contributed by atoms with Gasteiger partial charge >= 0.3 is 0 Å². The van der Waals surface area contributed by atoms with Crippen LogP contribution in [0.2, 0.25) is 5.02 Å². The molecule has 0 bridgehead atoms. The van der Waals surface area contributed by atoms with Crippen LogP contribution in [0.4, 0.5) is 11.4 Å². The highest BCUT2D eigenvalue weighted by molar-refractivity contribution is 6.31. The molecule has 1 saturated heterocycles.